The molecular weight excluding hydrogens is 325 g/mol. The van der Waals surface area contributed by atoms with E-state index < -0.39 is 0 Å². The molecular formula is C18H24FN3O3. The van der Waals surface area contributed by atoms with Crippen LogP contribution in [0.3, 0.4) is 0 Å². The fourth-order valence-corrected chi connectivity index (χ4v) is 3.22. The molecule has 2 aliphatic heterocycles. The molecule has 1 unspecified atom stereocenters. The number of carbonyl (C=O) groups excluding carboxylic acids is 2. The fourth-order valence-electron chi connectivity index (χ4n) is 3.22. The maximum absolute atomic E-state index is 13.0. The summed E-state index contributed by atoms with van der Waals surface area (Å²) in [6.45, 7) is 5.48. The van der Waals surface area contributed by atoms with E-state index in [1.54, 1.807) is 17.0 Å². The highest BCUT2D eigenvalue weighted by Crippen LogP contribution is 2.20. The molecule has 0 saturated carbocycles. The molecule has 2 heterocycles. The highest BCUT2D eigenvalue weighted by atomic mass is 19.1. The van der Waals surface area contributed by atoms with Crippen molar-refractivity contribution >= 4 is 11.8 Å². The van der Waals surface area contributed by atoms with Gasteiger partial charge in [-0.25, -0.2) is 4.39 Å². The van der Waals surface area contributed by atoms with Crippen LogP contribution in [0.5, 0.6) is 0 Å². The molecule has 0 radical (unpaired) electrons. The van der Waals surface area contributed by atoms with Crippen LogP contribution < -0.4 is 5.32 Å². The number of amides is 2. The van der Waals surface area contributed by atoms with Gasteiger partial charge < -0.3 is 15.0 Å². The molecule has 0 spiro atoms. The van der Waals surface area contributed by atoms with E-state index in [1.165, 1.54) is 12.1 Å². The molecule has 2 aliphatic rings. The molecule has 1 N–H and O–H groups in total. The summed E-state index contributed by atoms with van der Waals surface area (Å²) in [5, 5.41) is 2.93. The molecule has 1 atom stereocenters. The van der Waals surface area contributed by atoms with Crippen LogP contribution in [-0.4, -0.2) is 67.6 Å². The van der Waals surface area contributed by atoms with Crippen LogP contribution in [0.4, 0.5) is 4.39 Å². The standard InChI is InChI=1S/C18H24FN3O3/c19-16-3-1-14(2-4-16)12-22-13-15(11-17(22)23)18(24)20-5-6-21-7-9-25-10-8-21/h1-4,15H,5-13H2,(H,20,24). The van der Waals surface area contributed by atoms with Gasteiger partial charge in [0.2, 0.25) is 11.8 Å². The number of ether oxygens (including phenoxy) is 1. The summed E-state index contributed by atoms with van der Waals surface area (Å²) in [6.07, 6.45) is 0.241. The molecule has 1 aromatic rings. The Hall–Kier alpha value is -1.99. The van der Waals surface area contributed by atoms with Crippen LogP contribution in [0.15, 0.2) is 24.3 Å². The van der Waals surface area contributed by atoms with Crippen LogP contribution in [0, 0.1) is 11.7 Å². The summed E-state index contributed by atoms with van der Waals surface area (Å²) in [4.78, 5) is 28.3. The van der Waals surface area contributed by atoms with Crippen molar-refractivity contribution in [1.82, 2.24) is 15.1 Å². The fraction of sp³-hybridized carbons (Fsp3) is 0.556. The first-order valence-electron chi connectivity index (χ1n) is 8.72. The molecule has 0 aromatic heterocycles. The van der Waals surface area contributed by atoms with Crippen molar-refractivity contribution in [3.05, 3.63) is 35.6 Å². The van der Waals surface area contributed by atoms with Gasteiger partial charge in [0, 0.05) is 45.7 Å². The minimum absolute atomic E-state index is 0.0299. The summed E-state index contributed by atoms with van der Waals surface area (Å²) in [7, 11) is 0. The van der Waals surface area contributed by atoms with Crippen molar-refractivity contribution in [2.45, 2.75) is 13.0 Å². The molecule has 6 nitrogen and oxygen atoms in total. The third-order valence-electron chi connectivity index (χ3n) is 4.70. The molecule has 136 valence electrons. The molecule has 0 bridgehead atoms. The largest absolute Gasteiger partial charge is 0.379 e. The Kier molecular flexibility index (Phi) is 5.99. The number of halogens is 1. The van der Waals surface area contributed by atoms with Gasteiger partial charge in [-0.2, -0.15) is 0 Å². The number of nitrogens with one attached hydrogen (secondary N) is 1. The van der Waals surface area contributed by atoms with Gasteiger partial charge in [-0.3, -0.25) is 14.5 Å². The van der Waals surface area contributed by atoms with Gasteiger partial charge in [0.05, 0.1) is 19.1 Å². The highest BCUT2D eigenvalue weighted by Gasteiger charge is 2.34. The molecule has 2 saturated heterocycles. The minimum atomic E-state index is -0.308. The Labute approximate surface area is 146 Å². The van der Waals surface area contributed by atoms with Crippen LogP contribution in [0.1, 0.15) is 12.0 Å². The lowest BCUT2D eigenvalue weighted by molar-refractivity contribution is -0.129. The number of carbonyl (C=O) groups is 2. The van der Waals surface area contributed by atoms with Gasteiger partial charge in [0.1, 0.15) is 5.82 Å². The number of likely N-dealkylation sites (tertiary alicyclic amines) is 1. The summed E-state index contributed by atoms with van der Waals surface area (Å²) >= 11 is 0. The number of nitrogens with zero attached hydrogens (tertiary/aromatic N) is 2. The molecule has 0 aliphatic carbocycles. The smallest absolute Gasteiger partial charge is 0.225 e. The highest BCUT2D eigenvalue weighted by molar-refractivity contribution is 5.89. The summed E-state index contributed by atoms with van der Waals surface area (Å²) in [5.41, 5.74) is 0.864. The molecule has 7 heteroatoms. The topological polar surface area (TPSA) is 61.9 Å². The molecule has 1 aromatic carbocycles. The lowest BCUT2D eigenvalue weighted by Crippen LogP contribution is -2.42. The lowest BCUT2D eigenvalue weighted by atomic mass is 10.1. The second kappa shape index (κ2) is 8.40. The predicted octanol–water partition coefficient (Wildman–Crippen LogP) is 0.623. The van der Waals surface area contributed by atoms with Gasteiger partial charge in [0.15, 0.2) is 0 Å². The number of rotatable bonds is 6. The van der Waals surface area contributed by atoms with Crippen LogP contribution >= 0.6 is 0 Å². The molecule has 2 amide bonds. The summed E-state index contributed by atoms with van der Waals surface area (Å²) in [5.74, 6) is -0.701. The lowest BCUT2D eigenvalue weighted by Gasteiger charge is -2.26. The van der Waals surface area contributed by atoms with E-state index in [0.29, 0.717) is 19.6 Å². The third-order valence-corrected chi connectivity index (χ3v) is 4.70. The second-order valence-electron chi connectivity index (χ2n) is 6.55. The van der Waals surface area contributed by atoms with Crippen molar-refractivity contribution in [3.63, 3.8) is 0 Å². The van der Waals surface area contributed by atoms with E-state index in [9.17, 15) is 14.0 Å². The van der Waals surface area contributed by atoms with Crippen LogP contribution in [0.2, 0.25) is 0 Å². The maximum atomic E-state index is 13.0. The zero-order chi connectivity index (χ0) is 17.6. The van der Waals surface area contributed by atoms with E-state index in [1.807, 2.05) is 0 Å². The predicted molar refractivity (Wildman–Crippen MR) is 90.2 cm³/mol. The quantitative estimate of drug-likeness (QED) is 0.818. The van der Waals surface area contributed by atoms with Gasteiger partial charge >= 0.3 is 0 Å². The van der Waals surface area contributed by atoms with E-state index in [2.05, 4.69) is 10.2 Å². The van der Waals surface area contributed by atoms with Crippen LogP contribution in [-0.2, 0) is 20.9 Å². The normalized spacial score (nSPS) is 21.6. The SMILES string of the molecule is O=C(NCCN1CCOCC1)C1CC(=O)N(Cc2ccc(F)cc2)C1. The molecule has 3 rings (SSSR count). The van der Waals surface area contributed by atoms with Gasteiger partial charge in [0.25, 0.3) is 0 Å². The average molecular weight is 349 g/mol. The van der Waals surface area contributed by atoms with Gasteiger partial charge in [-0.1, -0.05) is 12.1 Å². The van der Waals surface area contributed by atoms with Crippen molar-refractivity contribution < 1.29 is 18.7 Å². The number of hydrogen-bond donors (Lipinski definition) is 1. The number of morpholine rings is 1. The zero-order valence-electron chi connectivity index (χ0n) is 14.2. The molecule has 2 fully saturated rings. The third kappa shape index (κ3) is 4.99. The first-order chi connectivity index (χ1) is 12.1. The van der Waals surface area contributed by atoms with Crippen molar-refractivity contribution in [1.29, 1.82) is 0 Å². The van der Waals surface area contributed by atoms with Crippen molar-refractivity contribution in [3.8, 4) is 0 Å². The Bertz CT molecular complexity index is 602. The Morgan fingerprint density at radius 1 is 1.24 bits per heavy atom. The summed E-state index contributed by atoms with van der Waals surface area (Å²) < 4.78 is 18.2. The Balaban J connectivity index is 1.43. The zero-order valence-corrected chi connectivity index (χ0v) is 14.2. The minimum Gasteiger partial charge on any atom is -0.379 e. The van der Waals surface area contributed by atoms with E-state index >= 15 is 0 Å². The monoisotopic (exact) mass is 349 g/mol. The first-order valence-corrected chi connectivity index (χ1v) is 8.72. The Morgan fingerprint density at radius 3 is 2.68 bits per heavy atom. The maximum Gasteiger partial charge on any atom is 0.225 e. The second-order valence-corrected chi connectivity index (χ2v) is 6.55. The average Bonchev–Trinajstić information content (AvgIpc) is 2.99. The van der Waals surface area contributed by atoms with E-state index in [-0.39, 0.29) is 30.0 Å². The van der Waals surface area contributed by atoms with Crippen molar-refractivity contribution in [2.24, 2.45) is 5.92 Å². The van der Waals surface area contributed by atoms with Gasteiger partial charge in [-0.15, -0.1) is 0 Å². The number of benzene rings is 1. The van der Waals surface area contributed by atoms with Crippen LogP contribution in [0.25, 0.3) is 0 Å². The Morgan fingerprint density at radius 2 is 1.96 bits per heavy atom. The van der Waals surface area contributed by atoms with Crippen molar-refractivity contribution in [2.75, 3.05) is 45.9 Å². The first kappa shape index (κ1) is 17.8. The molecule has 25 heavy (non-hydrogen) atoms. The van der Waals surface area contributed by atoms with E-state index in [0.717, 1.165) is 38.4 Å². The number of hydrogen-bond acceptors (Lipinski definition) is 4. The van der Waals surface area contributed by atoms with Gasteiger partial charge in [-0.05, 0) is 17.7 Å². The van der Waals surface area contributed by atoms with E-state index in [4.69, 9.17) is 4.74 Å². The summed E-state index contributed by atoms with van der Waals surface area (Å²) in [6, 6.07) is 6.09.